The maximum atomic E-state index is 12.3. The number of thiophene rings is 1. The van der Waals surface area contributed by atoms with Crippen molar-refractivity contribution in [2.45, 2.75) is 13.5 Å². The van der Waals surface area contributed by atoms with Gasteiger partial charge in [0.25, 0.3) is 0 Å². The van der Waals surface area contributed by atoms with Gasteiger partial charge in [-0.3, -0.25) is 4.79 Å². The molecule has 3 aromatic rings. The van der Waals surface area contributed by atoms with Gasteiger partial charge in [0, 0.05) is 17.1 Å². The molecule has 1 amide bonds. The van der Waals surface area contributed by atoms with Crippen LogP contribution in [0.25, 0.3) is 10.4 Å². The van der Waals surface area contributed by atoms with Crippen LogP contribution in [-0.2, 0) is 16.1 Å². The molecule has 1 aromatic heterocycles. The lowest BCUT2D eigenvalue weighted by molar-refractivity contribution is -0.139. The van der Waals surface area contributed by atoms with Gasteiger partial charge in [0.15, 0.2) is 17.2 Å². The fraction of sp³-hybridized carbons (Fsp3) is 0.136. The second kappa shape index (κ2) is 10.3. The van der Waals surface area contributed by atoms with E-state index in [-0.39, 0.29) is 16.5 Å². The third kappa shape index (κ3) is 5.56. The van der Waals surface area contributed by atoms with Gasteiger partial charge in [0.2, 0.25) is 5.91 Å². The smallest absolute Gasteiger partial charge is 0.349 e. The van der Waals surface area contributed by atoms with Gasteiger partial charge in [-0.05, 0) is 57.4 Å². The highest BCUT2D eigenvalue weighted by Gasteiger charge is 2.24. The largest absolute Gasteiger partial charge is 0.479 e. The molecule has 0 saturated heterocycles. The van der Waals surface area contributed by atoms with Crippen molar-refractivity contribution in [1.29, 1.82) is 0 Å². The lowest BCUT2D eigenvalue weighted by atomic mass is 10.1. The second-order valence-corrected chi connectivity index (χ2v) is 9.40. The van der Waals surface area contributed by atoms with Crippen LogP contribution in [0.15, 0.2) is 57.5 Å². The highest BCUT2D eigenvalue weighted by molar-refractivity contribution is 9.11. The topological polar surface area (TPSA) is 104 Å². The van der Waals surface area contributed by atoms with Crippen LogP contribution in [-0.4, -0.2) is 34.7 Å². The molecular weight excluding hydrogens is 566 g/mol. The lowest BCUT2D eigenvalue weighted by Gasteiger charge is -2.21. The fourth-order valence-corrected chi connectivity index (χ4v) is 5.14. The number of hydrogen-bond donors (Lipinski definition) is 2. The molecule has 0 aliphatic heterocycles. The molecule has 2 N–H and O–H groups in total. The molecule has 0 spiro atoms. The first-order chi connectivity index (χ1) is 15.2. The molecule has 0 fully saturated rings. The molecule has 1 heterocycles. The van der Waals surface area contributed by atoms with Crippen molar-refractivity contribution in [3.05, 3.63) is 67.9 Å². The van der Waals surface area contributed by atoms with E-state index in [1.165, 1.54) is 6.92 Å². The Kier molecular flexibility index (Phi) is 7.70. The summed E-state index contributed by atoms with van der Waals surface area (Å²) in [5.41, 5.74) is 2.30. The van der Waals surface area contributed by atoms with E-state index in [1.54, 1.807) is 4.90 Å². The van der Waals surface area contributed by atoms with Crippen molar-refractivity contribution in [1.82, 2.24) is 0 Å². The minimum Gasteiger partial charge on any atom is -0.479 e. The van der Waals surface area contributed by atoms with Gasteiger partial charge in [0.1, 0.15) is 0 Å². The number of carboxylic acids is 2. The second-order valence-electron chi connectivity index (χ2n) is 6.67. The maximum absolute atomic E-state index is 12.3. The summed E-state index contributed by atoms with van der Waals surface area (Å²) in [6.07, 6.45) is 0. The average molecular weight is 583 g/mol. The summed E-state index contributed by atoms with van der Waals surface area (Å²) in [5, 5.41) is 18.4. The molecule has 0 aliphatic carbocycles. The molecular formula is C22H17Br2NO6S. The van der Waals surface area contributed by atoms with Crippen LogP contribution in [0.3, 0.4) is 0 Å². The van der Waals surface area contributed by atoms with Crippen molar-refractivity contribution < 1.29 is 29.3 Å². The van der Waals surface area contributed by atoms with E-state index in [1.807, 2.05) is 48.5 Å². The molecule has 0 radical (unpaired) electrons. The number of aliphatic carboxylic acids is 1. The highest BCUT2D eigenvalue weighted by atomic mass is 79.9. The number of anilines is 1. The van der Waals surface area contributed by atoms with Gasteiger partial charge in [-0.2, -0.15) is 0 Å². The van der Waals surface area contributed by atoms with Crippen LogP contribution < -0.4 is 9.64 Å². The molecule has 10 heteroatoms. The monoisotopic (exact) mass is 581 g/mol. The minimum atomic E-state index is -1.21. The van der Waals surface area contributed by atoms with Gasteiger partial charge in [-0.25, -0.2) is 9.59 Å². The molecule has 166 valence electrons. The highest BCUT2D eigenvalue weighted by Crippen LogP contribution is 2.45. The Balaban J connectivity index is 1.95. The van der Waals surface area contributed by atoms with E-state index < -0.39 is 18.5 Å². The summed E-state index contributed by atoms with van der Waals surface area (Å²) < 4.78 is 6.49. The quantitative estimate of drug-likeness (QED) is 0.355. The number of aromatic carboxylic acids is 1. The van der Waals surface area contributed by atoms with Crippen LogP contribution >= 0.6 is 43.2 Å². The Morgan fingerprint density at radius 3 is 2.34 bits per heavy atom. The number of carbonyl (C=O) groups excluding carboxylic acids is 1. The standard InChI is InChI=1S/C22H17Br2NO6S/c1-12(26)25(16-7-5-15(23)6-8-16)10-13-3-2-4-14(9-13)20-18(24)19(31-11-17(27)28)21(32-20)22(29)30/h2-9H,10-11H2,1H3,(H,27,28)(H,29,30). The summed E-state index contributed by atoms with van der Waals surface area (Å²) in [7, 11) is 0. The number of halogens is 2. The van der Waals surface area contributed by atoms with Crippen LogP contribution in [0.2, 0.25) is 0 Å². The molecule has 0 bridgehead atoms. The van der Waals surface area contributed by atoms with Gasteiger partial charge < -0.3 is 19.8 Å². The normalized spacial score (nSPS) is 10.6. The number of ether oxygens (including phenoxy) is 1. The van der Waals surface area contributed by atoms with E-state index >= 15 is 0 Å². The number of carbonyl (C=O) groups is 3. The Morgan fingerprint density at radius 1 is 1.06 bits per heavy atom. The molecule has 3 rings (SSSR count). The molecule has 2 aromatic carbocycles. The Hall–Kier alpha value is -2.69. The van der Waals surface area contributed by atoms with E-state index in [2.05, 4.69) is 31.9 Å². The zero-order chi connectivity index (χ0) is 23.4. The zero-order valence-electron chi connectivity index (χ0n) is 16.7. The molecule has 0 saturated carbocycles. The fourth-order valence-electron chi connectivity index (χ4n) is 2.98. The van der Waals surface area contributed by atoms with Crippen molar-refractivity contribution in [3.8, 4) is 16.2 Å². The number of benzene rings is 2. The molecule has 0 unspecified atom stereocenters. The first-order valence-electron chi connectivity index (χ1n) is 9.20. The third-order valence-electron chi connectivity index (χ3n) is 4.39. The maximum Gasteiger partial charge on any atom is 0.349 e. The van der Waals surface area contributed by atoms with E-state index in [4.69, 9.17) is 9.84 Å². The summed E-state index contributed by atoms with van der Waals surface area (Å²) in [6, 6.07) is 14.8. The predicted octanol–water partition coefficient (Wildman–Crippen LogP) is 5.65. The number of nitrogens with zero attached hydrogens (tertiary/aromatic N) is 1. The van der Waals surface area contributed by atoms with Crippen LogP contribution in [0.5, 0.6) is 5.75 Å². The Morgan fingerprint density at radius 2 is 1.75 bits per heavy atom. The lowest BCUT2D eigenvalue weighted by Crippen LogP contribution is -2.27. The Labute approximate surface area is 204 Å². The molecule has 32 heavy (non-hydrogen) atoms. The van der Waals surface area contributed by atoms with Gasteiger partial charge in [-0.15, -0.1) is 11.3 Å². The van der Waals surface area contributed by atoms with Gasteiger partial charge in [0.05, 0.1) is 15.9 Å². The SMILES string of the molecule is CC(=O)N(Cc1cccc(-c2sc(C(=O)O)c(OCC(=O)O)c2Br)c1)c1ccc(Br)cc1. The number of carboxylic acid groups (broad SMARTS) is 2. The van der Waals surface area contributed by atoms with Gasteiger partial charge in [-0.1, -0.05) is 34.1 Å². The zero-order valence-corrected chi connectivity index (χ0v) is 20.7. The third-order valence-corrected chi connectivity index (χ3v) is 7.15. The van der Waals surface area contributed by atoms with Crippen molar-refractivity contribution >= 4 is 66.7 Å². The van der Waals surface area contributed by atoms with Crippen molar-refractivity contribution in [2.75, 3.05) is 11.5 Å². The molecule has 0 atom stereocenters. The Bertz CT molecular complexity index is 1180. The van der Waals surface area contributed by atoms with Crippen molar-refractivity contribution in [3.63, 3.8) is 0 Å². The predicted molar refractivity (Wildman–Crippen MR) is 129 cm³/mol. The number of amides is 1. The minimum absolute atomic E-state index is 0.0227. The summed E-state index contributed by atoms with van der Waals surface area (Å²) in [4.78, 5) is 36.9. The average Bonchev–Trinajstić information content (AvgIpc) is 3.08. The van der Waals surface area contributed by atoms with Crippen LogP contribution in [0.1, 0.15) is 22.2 Å². The molecule has 0 aliphatic rings. The van der Waals surface area contributed by atoms with E-state index in [0.29, 0.717) is 21.5 Å². The van der Waals surface area contributed by atoms with Crippen LogP contribution in [0, 0.1) is 0 Å². The summed E-state index contributed by atoms with van der Waals surface area (Å²) in [5.74, 6) is -2.56. The van der Waals surface area contributed by atoms with Crippen LogP contribution in [0.4, 0.5) is 5.69 Å². The summed E-state index contributed by atoms with van der Waals surface area (Å²) in [6.45, 7) is 1.16. The van der Waals surface area contributed by atoms with E-state index in [9.17, 15) is 19.5 Å². The summed E-state index contributed by atoms with van der Waals surface area (Å²) >= 11 is 7.73. The number of hydrogen-bond acceptors (Lipinski definition) is 5. The molecule has 7 nitrogen and oxygen atoms in total. The first kappa shape index (κ1) is 24.0. The van der Waals surface area contributed by atoms with Crippen molar-refractivity contribution in [2.24, 2.45) is 0 Å². The van der Waals surface area contributed by atoms with Gasteiger partial charge >= 0.3 is 11.9 Å². The number of rotatable bonds is 8. The first-order valence-corrected chi connectivity index (χ1v) is 11.6. The van der Waals surface area contributed by atoms with E-state index in [0.717, 1.165) is 27.1 Å².